The molecule has 0 saturated carbocycles. The molecule has 1 aromatic heterocycles. The first-order valence-corrected chi connectivity index (χ1v) is 8.67. The minimum atomic E-state index is 0.184. The van der Waals surface area contributed by atoms with Crippen molar-refractivity contribution < 1.29 is 9.53 Å². The second-order valence-corrected chi connectivity index (χ2v) is 6.71. The molecule has 0 aliphatic carbocycles. The fourth-order valence-electron chi connectivity index (χ4n) is 2.69. The molecule has 2 heterocycles. The Labute approximate surface area is 131 Å². The van der Waals surface area contributed by atoms with Gasteiger partial charge in [0.2, 0.25) is 0 Å². The Kier molecular flexibility index (Phi) is 6.21. The van der Waals surface area contributed by atoms with Crippen LogP contribution in [-0.2, 0) is 11.2 Å². The van der Waals surface area contributed by atoms with Crippen LogP contribution in [0.15, 0.2) is 6.07 Å². The highest BCUT2D eigenvalue weighted by molar-refractivity contribution is 7.14. The lowest BCUT2D eigenvalue weighted by Crippen LogP contribution is -2.40. The van der Waals surface area contributed by atoms with Crippen LogP contribution in [0.1, 0.15) is 46.3 Å². The van der Waals surface area contributed by atoms with Gasteiger partial charge in [-0.15, -0.1) is 11.3 Å². The summed E-state index contributed by atoms with van der Waals surface area (Å²) >= 11 is 1.64. The first-order chi connectivity index (χ1) is 10.2. The Morgan fingerprint density at radius 2 is 2.19 bits per heavy atom. The molecule has 0 bridgehead atoms. The minimum absolute atomic E-state index is 0.184. The zero-order valence-electron chi connectivity index (χ0n) is 13.1. The maximum Gasteiger partial charge on any atom is 0.263 e. The van der Waals surface area contributed by atoms with E-state index in [1.165, 1.54) is 10.4 Å². The summed E-state index contributed by atoms with van der Waals surface area (Å²) in [6, 6.07) is 2.04. The molecule has 2 rings (SSSR count). The molecule has 4 nitrogen and oxygen atoms in total. The van der Waals surface area contributed by atoms with Crippen LogP contribution >= 0.6 is 11.3 Å². The number of carbonyl (C=O) groups is 1. The normalized spacial score (nSPS) is 16.4. The van der Waals surface area contributed by atoms with Crippen LogP contribution < -0.4 is 5.73 Å². The standard InChI is InChI=1S/C16H26N2O2S/c1-3-14-12(2)11-15(21-14)16(19)18-8-5-13(6-9-18)20-10-4-7-17/h11,13H,3-10,17H2,1-2H3. The average Bonchev–Trinajstić information content (AvgIpc) is 2.88. The number of rotatable bonds is 6. The van der Waals surface area contributed by atoms with Crippen LogP contribution in [0.3, 0.4) is 0 Å². The molecule has 1 saturated heterocycles. The van der Waals surface area contributed by atoms with E-state index < -0.39 is 0 Å². The van der Waals surface area contributed by atoms with Gasteiger partial charge in [-0.3, -0.25) is 4.79 Å². The van der Waals surface area contributed by atoms with Crippen LogP contribution in [0.25, 0.3) is 0 Å². The van der Waals surface area contributed by atoms with Gasteiger partial charge in [-0.05, 0) is 50.8 Å². The number of carbonyl (C=O) groups excluding carboxylic acids is 1. The number of likely N-dealkylation sites (tertiary alicyclic amines) is 1. The Bertz CT molecular complexity index is 465. The van der Waals surface area contributed by atoms with Gasteiger partial charge in [-0.1, -0.05) is 6.92 Å². The number of hydrogen-bond donors (Lipinski definition) is 1. The van der Waals surface area contributed by atoms with E-state index in [4.69, 9.17) is 10.5 Å². The number of thiophene rings is 1. The molecular formula is C16H26N2O2S. The summed E-state index contributed by atoms with van der Waals surface area (Å²) in [6.07, 6.45) is 4.06. The van der Waals surface area contributed by atoms with Crippen LogP contribution in [0.2, 0.25) is 0 Å². The Balaban J connectivity index is 1.85. The number of nitrogens with two attached hydrogens (primary N) is 1. The largest absolute Gasteiger partial charge is 0.378 e. The van der Waals surface area contributed by atoms with Crippen molar-refractivity contribution in [3.63, 3.8) is 0 Å². The summed E-state index contributed by atoms with van der Waals surface area (Å²) in [5.41, 5.74) is 6.71. The molecule has 1 fully saturated rings. The lowest BCUT2D eigenvalue weighted by Gasteiger charge is -2.31. The van der Waals surface area contributed by atoms with Gasteiger partial charge < -0.3 is 15.4 Å². The van der Waals surface area contributed by atoms with Gasteiger partial charge in [0.05, 0.1) is 11.0 Å². The van der Waals surface area contributed by atoms with Gasteiger partial charge in [-0.2, -0.15) is 0 Å². The SMILES string of the molecule is CCc1sc(C(=O)N2CCC(OCCCN)CC2)cc1C. The van der Waals surface area contributed by atoms with Gasteiger partial charge in [0.15, 0.2) is 0 Å². The first kappa shape index (κ1) is 16.5. The third-order valence-electron chi connectivity index (χ3n) is 3.98. The third-order valence-corrected chi connectivity index (χ3v) is 5.35. The Morgan fingerprint density at radius 1 is 1.48 bits per heavy atom. The van der Waals surface area contributed by atoms with E-state index >= 15 is 0 Å². The maximum absolute atomic E-state index is 12.5. The number of amides is 1. The number of piperidine rings is 1. The predicted molar refractivity (Wildman–Crippen MR) is 87.0 cm³/mol. The zero-order valence-corrected chi connectivity index (χ0v) is 13.9. The second-order valence-electron chi connectivity index (χ2n) is 5.57. The fourth-order valence-corrected chi connectivity index (χ4v) is 3.77. The third kappa shape index (κ3) is 4.28. The fraction of sp³-hybridized carbons (Fsp3) is 0.688. The summed E-state index contributed by atoms with van der Waals surface area (Å²) < 4.78 is 5.78. The van der Waals surface area contributed by atoms with Gasteiger partial charge in [-0.25, -0.2) is 0 Å². The van der Waals surface area contributed by atoms with E-state index in [1.807, 2.05) is 11.0 Å². The molecular weight excluding hydrogens is 284 g/mol. The number of aryl methyl sites for hydroxylation is 2. The van der Waals surface area contributed by atoms with Crippen molar-refractivity contribution in [1.29, 1.82) is 0 Å². The lowest BCUT2D eigenvalue weighted by molar-refractivity contribution is 0.00857. The highest BCUT2D eigenvalue weighted by Gasteiger charge is 2.25. The topological polar surface area (TPSA) is 55.6 Å². The van der Waals surface area contributed by atoms with E-state index in [9.17, 15) is 4.79 Å². The van der Waals surface area contributed by atoms with E-state index in [2.05, 4.69) is 13.8 Å². The summed E-state index contributed by atoms with van der Waals surface area (Å²) in [5, 5.41) is 0. The molecule has 1 aromatic rings. The van der Waals surface area contributed by atoms with Crippen molar-refractivity contribution in [3.8, 4) is 0 Å². The van der Waals surface area contributed by atoms with E-state index in [-0.39, 0.29) is 12.0 Å². The molecule has 1 aliphatic heterocycles. The highest BCUT2D eigenvalue weighted by Crippen LogP contribution is 2.25. The predicted octanol–water partition coefficient (Wildman–Crippen LogP) is 2.59. The summed E-state index contributed by atoms with van der Waals surface area (Å²) in [5.74, 6) is 0.184. The summed E-state index contributed by atoms with van der Waals surface area (Å²) in [4.78, 5) is 16.7. The van der Waals surface area contributed by atoms with Gasteiger partial charge in [0.25, 0.3) is 5.91 Å². The minimum Gasteiger partial charge on any atom is -0.378 e. The van der Waals surface area contributed by atoms with Crippen molar-refractivity contribution >= 4 is 17.2 Å². The molecule has 0 unspecified atom stereocenters. The Hall–Kier alpha value is -0.910. The van der Waals surface area contributed by atoms with E-state index in [1.54, 1.807) is 11.3 Å². The smallest absolute Gasteiger partial charge is 0.263 e. The number of nitrogens with zero attached hydrogens (tertiary/aromatic N) is 1. The molecule has 5 heteroatoms. The lowest BCUT2D eigenvalue weighted by atomic mass is 10.1. The van der Waals surface area contributed by atoms with Crippen molar-refractivity contribution in [2.75, 3.05) is 26.2 Å². The monoisotopic (exact) mass is 310 g/mol. The molecule has 1 aliphatic rings. The van der Waals surface area contributed by atoms with Crippen molar-refractivity contribution in [1.82, 2.24) is 4.90 Å². The first-order valence-electron chi connectivity index (χ1n) is 7.86. The second kappa shape index (κ2) is 7.92. The van der Waals surface area contributed by atoms with Crippen LogP contribution in [0.5, 0.6) is 0 Å². The molecule has 118 valence electrons. The zero-order chi connectivity index (χ0) is 15.2. The average molecular weight is 310 g/mol. The van der Waals surface area contributed by atoms with Crippen LogP contribution in [0, 0.1) is 6.92 Å². The van der Waals surface area contributed by atoms with Crippen molar-refractivity contribution in [2.24, 2.45) is 5.73 Å². The quantitative estimate of drug-likeness (QED) is 0.822. The van der Waals surface area contributed by atoms with Gasteiger partial charge >= 0.3 is 0 Å². The van der Waals surface area contributed by atoms with E-state index in [0.717, 1.165) is 50.3 Å². The molecule has 21 heavy (non-hydrogen) atoms. The van der Waals surface area contributed by atoms with Crippen molar-refractivity contribution in [3.05, 3.63) is 21.4 Å². The molecule has 2 N–H and O–H groups in total. The number of ether oxygens (including phenoxy) is 1. The van der Waals surface area contributed by atoms with Crippen LogP contribution in [0.4, 0.5) is 0 Å². The summed E-state index contributed by atoms with van der Waals surface area (Å²) in [6.45, 7) is 7.23. The molecule has 1 amide bonds. The molecule has 0 atom stereocenters. The van der Waals surface area contributed by atoms with Crippen molar-refractivity contribution in [2.45, 2.75) is 45.6 Å². The summed E-state index contributed by atoms with van der Waals surface area (Å²) in [7, 11) is 0. The van der Waals surface area contributed by atoms with E-state index in [0.29, 0.717) is 6.54 Å². The maximum atomic E-state index is 12.5. The highest BCUT2D eigenvalue weighted by atomic mass is 32.1. The molecule has 0 aromatic carbocycles. The van der Waals surface area contributed by atoms with Crippen LogP contribution in [-0.4, -0.2) is 43.2 Å². The number of hydrogen-bond acceptors (Lipinski definition) is 4. The molecule has 0 spiro atoms. The Morgan fingerprint density at radius 3 is 2.76 bits per heavy atom. The van der Waals surface area contributed by atoms with Gasteiger partial charge in [0.1, 0.15) is 0 Å². The van der Waals surface area contributed by atoms with Gasteiger partial charge in [0, 0.05) is 24.6 Å². The molecule has 0 radical (unpaired) electrons.